The third-order valence-electron chi connectivity index (χ3n) is 4.11. The number of hydrogen-bond acceptors (Lipinski definition) is 5. The van der Waals surface area contributed by atoms with Crippen molar-refractivity contribution in [3.63, 3.8) is 0 Å². The minimum Gasteiger partial charge on any atom is -0.481 e. The normalized spacial score (nSPS) is 20.1. The van der Waals surface area contributed by atoms with E-state index in [1.54, 1.807) is 13.8 Å². The van der Waals surface area contributed by atoms with Gasteiger partial charge in [0, 0.05) is 17.3 Å². The number of benzene rings is 1. The van der Waals surface area contributed by atoms with Gasteiger partial charge in [0.1, 0.15) is 11.7 Å². The van der Waals surface area contributed by atoms with Crippen molar-refractivity contribution in [1.82, 2.24) is 0 Å². The number of aliphatic imine (C=N–C) groups is 1. The van der Waals surface area contributed by atoms with Crippen molar-refractivity contribution < 1.29 is 37.3 Å². The van der Waals surface area contributed by atoms with Gasteiger partial charge in [-0.05, 0) is 45.4 Å². The molecule has 28 heavy (non-hydrogen) atoms. The second kappa shape index (κ2) is 8.04. The van der Waals surface area contributed by atoms with Crippen molar-refractivity contribution in [2.24, 2.45) is 10.9 Å². The molecule has 0 saturated carbocycles. The smallest absolute Gasteiger partial charge is 0.481 e. The van der Waals surface area contributed by atoms with Gasteiger partial charge in [0.25, 0.3) is 0 Å². The summed E-state index contributed by atoms with van der Waals surface area (Å²) in [7, 11) is 0. The average molecular weight is 399 g/mol. The van der Waals surface area contributed by atoms with E-state index < -0.39 is 42.0 Å². The monoisotopic (exact) mass is 399 g/mol. The summed E-state index contributed by atoms with van der Waals surface area (Å²) in [6.45, 7) is 6.29. The number of allylic oxidation sites excluding steroid dienone is 1. The van der Waals surface area contributed by atoms with Gasteiger partial charge in [0.2, 0.25) is 0 Å². The van der Waals surface area contributed by atoms with Crippen LogP contribution in [0, 0.1) is 5.92 Å². The molecule has 0 bridgehead atoms. The SMILES string of the molecule is CC1=NC(C)=C(C(=O)OC(C)C)C(c2cccc(OC(F)(F)F)c2)C1C(=O)O. The van der Waals surface area contributed by atoms with Crippen molar-refractivity contribution in [3.05, 3.63) is 41.1 Å². The summed E-state index contributed by atoms with van der Waals surface area (Å²) in [6, 6.07) is 4.91. The number of carbonyl (C=O) groups excluding carboxylic acids is 1. The quantitative estimate of drug-likeness (QED) is 0.755. The molecule has 0 saturated heterocycles. The van der Waals surface area contributed by atoms with E-state index >= 15 is 0 Å². The molecule has 2 atom stereocenters. The zero-order valence-corrected chi connectivity index (χ0v) is 15.7. The maximum Gasteiger partial charge on any atom is 0.573 e. The van der Waals surface area contributed by atoms with Crippen LogP contribution in [0.15, 0.2) is 40.5 Å². The summed E-state index contributed by atoms with van der Waals surface area (Å²) in [5, 5.41) is 9.70. The number of esters is 1. The molecule has 0 spiro atoms. The Labute approximate surface area is 159 Å². The molecule has 1 aliphatic rings. The summed E-state index contributed by atoms with van der Waals surface area (Å²) in [5.41, 5.74) is 0.667. The molecule has 1 aliphatic heterocycles. The number of alkyl halides is 3. The summed E-state index contributed by atoms with van der Waals surface area (Å²) in [4.78, 5) is 28.7. The Morgan fingerprint density at radius 2 is 1.86 bits per heavy atom. The van der Waals surface area contributed by atoms with Gasteiger partial charge in [-0.25, -0.2) is 4.79 Å². The van der Waals surface area contributed by atoms with Crippen molar-refractivity contribution in [2.75, 3.05) is 0 Å². The van der Waals surface area contributed by atoms with E-state index in [0.29, 0.717) is 0 Å². The number of carboxylic acids is 1. The number of carbonyl (C=O) groups is 2. The second-order valence-corrected chi connectivity index (χ2v) is 6.62. The predicted molar refractivity (Wildman–Crippen MR) is 94.0 cm³/mol. The van der Waals surface area contributed by atoms with Gasteiger partial charge >= 0.3 is 18.3 Å². The number of halogens is 3. The summed E-state index contributed by atoms with van der Waals surface area (Å²) >= 11 is 0. The summed E-state index contributed by atoms with van der Waals surface area (Å²) < 4.78 is 46.9. The molecule has 2 rings (SSSR count). The molecule has 0 fully saturated rings. The van der Waals surface area contributed by atoms with Crippen LogP contribution in [0.5, 0.6) is 5.75 Å². The van der Waals surface area contributed by atoms with Crippen LogP contribution in [0.25, 0.3) is 0 Å². The first kappa shape index (κ1) is 21.5. The highest BCUT2D eigenvalue weighted by Crippen LogP contribution is 2.41. The predicted octanol–water partition coefficient (Wildman–Crippen LogP) is 4.07. The highest BCUT2D eigenvalue weighted by Gasteiger charge is 2.42. The number of ether oxygens (including phenoxy) is 2. The van der Waals surface area contributed by atoms with Gasteiger partial charge < -0.3 is 14.6 Å². The third kappa shape index (κ3) is 4.90. The first-order chi connectivity index (χ1) is 12.9. The Balaban J connectivity index is 2.60. The number of carboxylic acid groups (broad SMARTS) is 1. The lowest BCUT2D eigenvalue weighted by Gasteiger charge is -2.31. The van der Waals surface area contributed by atoms with E-state index in [0.717, 1.165) is 12.1 Å². The highest BCUT2D eigenvalue weighted by atomic mass is 19.4. The molecule has 0 amide bonds. The fraction of sp³-hybridized carbons (Fsp3) is 0.421. The van der Waals surface area contributed by atoms with Crippen LogP contribution in [-0.4, -0.2) is 35.2 Å². The molecule has 1 heterocycles. The van der Waals surface area contributed by atoms with Crippen LogP contribution >= 0.6 is 0 Å². The van der Waals surface area contributed by atoms with Crippen LogP contribution in [0.1, 0.15) is 39.2 Å². The van der Waals surface area contributed by atoms with Crippen LogP contribution in [-0.2, 0) is 14.3 Å². The van der Waals surface area contributed by atoms with Crippen molar-refractivity contribution in [1.29, 1.82) is 0 Å². The molecule has 0 aliphatic carbocycles. The topological polar surface area (TPSA) is 85.2 Å². The lowest BCUT2D eigenvalue weighted by atomic mass is 9.75. The van der Waals surface area contributed by atoms with Gasteiger partial charge in [0.05, 0.1) is 11.7 Å². The second-order valence-electron chi connectivity index (χ2n) is 6.62. The van der Waals surface area contributed by atoms with Crippen molar-refractivity contribution in [3.8, 4) is 5.75 Å². The standard InChI is InChI=1S/C19H20F3NO5/c1-9(2)27-18(26)15-11(4)23-10(3)14(17(24)25)16(15)12-6-5-7-13(8-12)28-19(20,21)22/h5-9,14,16H,1-4H3,(H,24,25). The van der Waals surface area contributed by atoms with E-state index in [1.807, 2.05) is 0 Å². The first-order valence-electron chi connectivity index (χ1n) is 8.46. The Hall–Kier alpha value is -2.84. The van der Waals surface area contributed by atoms with E-state index in [4.69, 9.17) is 4.74 Å². The fourth-order valence-electron chi connectivity index (χ4n) is 3.16. The summed E-state index contributed by atoms with van der Waals surface area (Å²) in [5.74, 6) is -4.83. The molecule has 152 valence electrons. The molecule has 0 aromatic heterocycles. The molecule has 2 unspecified atom stereocenters. The van der Waals surface area contributed by atoms with Crippen molar-refractivity contribution in [2.45, 2.75) is 46.1 Å². The van der Waals surface area contributed by atoms with Gasteiger partial charge in [0.15, 0.2) is 0 Å². The fourth-order valence-corrected chi connectivity index (χ4v) is 3.16. The third-order valence-corrected chi connectivity index (χ3v) is 4.11. The lowest BCUT2D eigenvalue weighted by Crippen LogP contribution is -2.35. The Morgan fingerprint density at radius 1 is 1.21 bits per heavy atom. The zero-order chi connectivity index (χ0) is 21.2. The number of nitrogens with zero attached hydrogens (tertiary/aromatic N) is 1. The van der Waals surface area contributed by atoms with Gasteiger partial charge in [-0.3, -0.25) is 9.79 Å². The van der Waals surface area contributed by atoms with E-state index in [2.05, 4.69) is 9.73 Å². The molecular weight excluding hydrogens is 379 g/mol. The van der Waals surface area contributed by atoms with Crippen LogP contribution in [0.3, 0.4) is 0 Å². The molecule has 6 nitrogen and oxygen atoms in total. The maximum atomic E-state index is 12.6. The Morgan fingerprint density at radius 3 is 2.39 bits per heavy atom. The molecule has 1 aromatic carbocycles. The molecule has 1 N–H and O–H groups in total. The summed E-state index contributed by atoms with van der Waals surface area (Å²) in [6.07, 6.45) is -5.37. The van der Waals surface area contributed by atoms with E-state index in [9.17, 15) is 27.9 Å². The van der Waals surface area contributed by atoms with E-state index in [1.165, 1.54) is 26.0 Å². The molecular formula is C19H20F3NO5. The number of rotatable bonds is 5. The minimum absolute atomic E-state index is 0.00383. The van der Waals surface area contributed by atoms with E-state index in [-0.39, 0.29) is 22.5 Å². The van der Waals surface area contributed by atoms with Gasteiger partial charge in [-0.15, -0.1) is 13.2 Å². The molecule has 0 radical (unpaired) electrons. The Bertz CT molecular complexity index is 842. The zero-order valence-electron chi connectivity index (χ0n) is 15.7. The molecule has 9 heteroatoms. The van der Waals surface area contributed by atoms with Gasteiger partial charge in [-0.2, -0.15) is 0 Å². The molecule has 1 aromatic rings. The van der Waals surface area contributed by atoms with Crippen LogP contribution in [0.2, 0.25) is 0 Å². The van der Waals surface area contributed by atoms with Gasteiger partial charge in [-0.1, -0.05) is 12.1 Å². The van der Waals surface area contributed by atoms with Crippen LogP contribution < -0.4 is 4.74 Å². The first-order valence-corrected chi connectivity index (χ1v) is 8.46. The van der Waals surface area contributed by atoms with Crippen LogP contribution in [0.4, 0.5) is 13.2 Å². The number of aliphatic carboxylic acids is 1. The minimum atomic E-state index is -4.90. The number of hydrogen-bond donors (Lipinski definition) is 1. The Kier molecular flexibility index (Phi) is 6.16. The average Bonchev–Trinajstić information content (AvgIpc) is 2.51. The lowest BCUT2D eigenvalue weighted by molar-refractivity contribution is -0.274. The highest BCUT2D eigenvalue weighted by molar-refractivity contribution is 6.06. The maximum absolute atomic E-state index is 12.6. The largest absolute Gasteiger partial charge is 0.573 e. The van der Waals surface area contributed by atoms with Crippen molar-refractivity contribution >= 4 is 17.7 Å².